The average molecular weight is 279 g/mol. The number of rotatable bonds is 3. The largest absolute Gasteiger partial charge is 0.395 e. The zero-order chi connectivity index (χ0) is 14.9. The average Bonchev–Trinajstić information content (AvgIpc) is 2.79. The number of nitrogens with one attached hydrogen (secondary N) is 2. The topological polar surface area (TPSA) is 104 Å². The van der Waals surface area contributed by atoms with Gasteiger partial charge in [-0.15, -0.1) is 0 Å². The fraction of sp³-hybridized carbons (Fsp3) is 0.615. The highest BCUT2D eigenvalue weighted by atomic mass is 16.2. The predicted molar refractivity (Wildman–Crippen MR) is 75.2 cm³/mol. The van der Waals surface area contributed by atoms with Gasteiger partial charge < -0.3 is 16.0 Å². The molecule has 1 unspecified atom stereocenters. The Kier molecular flexibility index (Phi) is 3.96. The van der Waals surface area contributed by atoms with Gasteiger partial charge in [-0.05, 0) is 12.3 Å². The molecule has 0 bridgehead atoms. The molecular weight excluding hydrogens is 258 g/mol. The first-order valence-electron chi connectivity index (χ1n) is 6.89. The third-order valence-corrected chi connectivity index (χ3v) is 3.59. The van der Waals surface area contributed by atoms with Crippen molar-refractivity contribution < 1.29 is 9.59 Å². The van der Waals surface area contributed by atoms with Crippen LogP contribution in [-0.4, -0.2) is 46.0 Å². The third kappa shape index (κ3) is 2.35. The van der Waals surface area contributed by atoms with Crippen molar-refractivity contribution >= 4 is 17.5 Å². The molecule has 0 radical (unpaired) electrons. The van der Waals surface area contributed by atoms with Gasteiger partial charge in [0.05, 0.1) is 11.4 Å². The molecule has 0 aliphatic carbocycles. The van der Waals surface area contributed by atoms with Gasteiger partial charge in [0.1, 0.15) is 6.04 Å². The van der Waals surface area contributed by atoms with Crippen LogP contribution in [0, 0.1) is 0 Å². The highest BCUT2D eigenvalue weighted by Crippen LogP contribution is 2.24. The van der Waals surface area contributed by atoms with E-state index >= 15 is 0 Å². The van der Waals surface area contributed by atoms with Crippen LogP contribution >= 0.6 is 0 Å². The molecule has 1 aliphatic heterocycles. The van der Waals surface area contributed by atoms with Crippen molar-refractivity contribution in [2.75, 3.05) is 18.8 Å². The maximum atomic E-state index is 12.6. The Morgan fingerprint density at radius 2 is 2.25 bits per heavy atom. The van der Waals surface area contributed by atoms with E-state index in [4.69, 9.17) is 5.73 Å². The van der Waals surface area contributed by atoms with Crippen molar-refractivity contribution in [1.82, 2.24) is 20.4 Å². The van der Waals surface area contributed by atoms with Gasteiger partial charge in [0.25, 0.3) is 5.91 Å². The SMILES string of the molecule is CCC1C(=O)NCCN1C(=O)c1n[nH]c(C(C)C)c1N. The minimum absolute atomic E-state index is 0.120. The first kappa shape index (κ1) is 14.4. The lowest BCUT2D eigenvalue weighted by Gasteiger charge is -2.34. The van der Waals surface area contributed by atoms with E-state index < -0.39 is 6.04 Å². The molecule has 1 saturated heterocycles. The second-order valence-electron chi connectivity index (χ2n) is 5.27. The number of piperazine rings is 1. The molecule has 1 aromatic heterocycles. The molecule has 110 valence electrons. The van der Waals surface area contributed by atoms with E-state index in [1.165, 1.54) is 0 Å². The van der Waals surface area contributed by atoms with Gasteiger partial charge in [-0.2, -0.15) is 5.10 Å². The van der Waals surface area contributed by atoms with E-state index in [0.717, 1.165) is 5.69 Å². The van der Waals surface area contributed by atoms with Gasteiger partial charge in [-0.1, -0.05) is 20.8 Å². The molecule has 2 heterocycles. The monoisotopic (exact) mass is 279 g/mol. The number of nitrogens with two attached hydrogens (primary N) is 1. The Hall–Kier alpha value is -2.05. The van der Waals surface area contributed by atoms with Gasteiger partial charge in [0, 0.05) is 13.1 Å². The number of nitrogen functional groups attached to an aromatic ring is 1. The molecule has 1 aliphatic rings. The lowest BCUT2D eigenvalue weighted by molar-refractivity contribution is -0.127. The van der Waals surface area contributed by atoms with Crippen molar-refractivity contribution in [3.05, 3.63) is 11.4 Å². The molecule has 1 aromatic rings. The molecule has 1 fully saturated rings. The number of nitrogens with zero attached hydrogens (tertiary/aromatic N) is 2. The Labute approximate surface area is 117 Å². The molecule has 4 N–H and O–H groups in total. The fourth-order valence-corrected chi connectivity index (χ4v) is 2.47. The van der Waals surface area contributed by atoms with Crippen LogP contribution in [0.25, 0.3) is 0 Å². The van der Waals surface area contributed by atoms with E-state index in [1.54, 1.807) is 4.90 Å². The highest BCUT2D eigenvalue weighted by molar-refractivity contribution is 6.00. The fourth-order valence-electron chi connectivity index (χ4n) is 2.47. The highest BCUT2D eigenvalue weighted by Gasteiger charge is 2.34. The molecule has 7 nitrogen and oxygen atoms in total. The van der Waals surface area contributed by atoms with Gasteiger partial charge in [-0.25, -0.2) is 0 Å². The summed E-state index contributed by atoms with van der Waals surface area (Å²) >= 11 is 0. The van der Waals surface area contributed by atoms with Gasteiger partial charge in [0.2, 0.25) is 5.91 Å². The second kappa shape index (κ2) is 5.52. The Bertz CT molecular complexity index is 523. The van der Waals surface area contributed by atoms with Crippen LogP contribution in [0.3, 0.4) is 0 Å². The van der Waals surface area contributed by atoms with Gasteiger partial charge >= 0.3 is 0 Å². The maximum Gasteiger partial charge on any atom is 0.277 e. The number of aromatic amines is 1. The quantitative estimate of drug-likeness (QED) is 0.748. The molecule has 0 aromatic carbocycles. The number of carbonyl (C=O) groups excluding carboxylic acids is 2. The predicted octanol–water partition coefficient (Wildman–Crippen LogP) is 0.466. The zero-order valence-electron chi connectivity index (χ0n) is 12.1. The standard InChI is InChI=1S/C13H21N5O2/c1-4-8-12(19)15-5-6-18(8)13(20)11-9(14)10(7(2)3)16-17-11/h7-8H,4-6,14H2,1-3H3,(H,15,19)(H,16,17). The van der Waals surface area contributed by atoms with E-state index in [2.05, 4.69) is 15.5 Å². The van der Waals surface area contributed by atoms with Crippen LogP contribution in [-0.2, 0) is 4.79 Å². The lowest BCUT2D eigenvalue weighted by Crippen LogP contribution is -2.57. The first-order valence-corrected chi connectivity index (χ1v) is 6.89. The van der Waals surface area contributed by atoms with E-state index in [-0.39, 0.29) is 23.4 Å². The summed E-state index contributed by atoms with van der Waals surface area (Å²) in [6, 6.07) is -0.449. The summed E-state index contributed by atoms with van der Waals surface area (Å²) in [5, 5.41) is 9.61. The number of hydrogen-bond donors (Lipinski definition) is 3. The molecule has 1 atom stereocenters. The summed E-state index contributed by atoms with van der Waals surface area (Å²) in [5.41, 5.74) is 7.33. The summed E-state index contributed by atoms with van der Waals surface area (Å²) in [4.78, 5) is 25.9. The van der Waals surface area contributed by atoms with Crippen molar-refractivity contribution in [3.63, 3.8) is 0 Å². The Morgan fingerprint density at radius 1 is 1.55 bits per heavy atom. The van der Waals surface area contributed by atoms with E-state index in [9.17, 15) is 9.59 Å². The van der Waals surface area contributed by atoms with Gasteiger partial charge in [0.15, 0.2) is 5.69 Å². The van der Waals surface area contributed by atoms with Crippen LogP contribution in [0.1, 0.15) is 49.3 Å². The van der Waals surface area contributed by atoms with Crippen molar-refractivity contribution in [2.24, 2.45) is 0 Å². The number of H-pyrrole nitrogens is 1. The molecule has 0 saturated carbocycles. The summed E-state index contributed by atoms with van der Waals surface area (Å²) in [6.45, 7) is 6.76. The summed E-state index contributed by atoms with van der Waals surface area (Å²) in [7, 11) is 0. The Balaban J connectivity index is 2.28. The number of amides is 2. The molecule has 7 heteroatoms. The van der Waals surface area contributed by atoms with Gasteiger partial charge in [-0.3, -0.25) is 14.7 Å². The number of aromatic nitrogens is 2. The number of carbonyl (C=O) groups is 2. The smallest absolute Gasteiger partial charge is 0.277 e. The van der Waals surface area contributed by atoms with Crippen LogP contribution in [0.2, 0.25) is 0 Å². The summed E-state index contributed by atoms with van der Waals surface area (Å²) < 4.78 is 0. The van der Waals surface area contributed by atoms with Crippen molar-refractivity contribution in [2.45, 2.75) is 39.2 Å². The first-order chi connectivity index (χ1) is 9.47. The third-order valence-electron chi connectivity index (χ3n) is 3.59. The molecular formula is C13H21N5O2. The molecule has 20 heavy (non-hydrogen) atoms. The molecule has 2 rings (SSSR count). The van der Waals surface area contributed by atoms with Crippen molar-refractivity contribution in [1.29, 1.82) is 0 Å². The van der Waals surface area contributed by atoms with Crippen LogP contribution < -0.4 is 11.1 Å². The Morgan fingerprint density at radius 3 is 2.80 bits per heavy atom. The van der Waals surface area contributed by atoms with Crippen LogP contribution in [0.5, 0.6) is 0 Å². The number of hydrogen-bond acceptors (Lipinski definition) is 4. The van der Waals surface area contributed by atoms with E-state index in [0.29, 0.717) is 25.2 Å². The zero-order valence-corrected chi connectivity index (χ0v) is 12.1. The molecule has 2 amide bonds. The lowest BCUT2D eigenvalue weighted by atomic mass is 10.1. The number of anilines is 1. The second-order valence-corrected chi connectivity index (χ2v) is 5.27. The minimum atomic E-state index is -0.449. The molecule has 0 spiro atoms. The normalized spacial score (nSPS) is 19.3. The van der Waals surface area contributed by atoms with Crippen LogP contribution in [0.15, 0.2) is 0 Å². The summed E-state index contributed by atoms with van der Waals surface area (Å²) in [6.07, 6.45) is 0.568. The van der Waals surface area contributed by atoms with Crippen molar-refractivity contribution in [3.8, 4) is 0 Å². The summed E-state index contributed by atoms with van der Waals surface area (Å²) in [5.74, 6) is -0.242. The van der Waals surface area contributed by atoms with E-state index in [1.807, 2.05) is 20.8 Å². The maximum absolute atomic E-state index is 12.6. The minimum Gasteiger partial charge on any atom is -0.395 e. The van der Waals surface area contributed by atoms with Crippen LogP contribution in [0.4, 0.5) is 5.69 Å².